The molecule has 0 aliphatic rings. The van der Waals surface area contributed by atoms with Crippen LogP contribution in [0, 0.1) is 6.92 Å². The molecule has 0 bridgehead atoms. The second kappa shape index (κ2) is 6.23. The molecule has 0 radical (unpaired) electrons. The van der Waals surface area contributed by atoms with E-state index in [1.165, 1.54) is 0 Å². The van der Waals surface area contributed by atoms with Crippen LogP contribution in [0.25, 0.3) is 0 Å². The molecule has 0 atom stereocenters. The van der Waals surface area contributed by atoms with Gasteiger partial charge in [0.2, 0.25) is 0 Å². The van der Waals surface area contributed by atoms with Gasteiger partial charge >= 0.3 is 0 Å². The summed E-state index contributed by atoms with van der Waals surface area (Å²) in [5, 5.41) is 0. The molecule has 0 spiro atoms. The van der Waals surface area contributed by atoms with Gasteiger partial charge in [0, 0.05) is 36.9 Å². The number of aryl methyl sites for hydroxylation is 1. The summed E-state index contributed by atoms with van der Waals surface area (Å²) < 4.78 is 4.19. The van der Waals surface area contributed by atoms with Crippen LogP contribution < -0.4 is 0 Å². The van der Waals surface area contributed by atoms with Crippen molar-refractivity contribution in [2.75, 3.05) is 0 Å². The van der Waals surface area contributed by atoms with Crippen LogP contribution in [0.4, 0.5) is 0 Å². The first-order valence-electron chi connectivity index (χ1n) is 5.99. The van der Waals surface area contributed by atoms with Crippen LogP contribution in [0.2, 0.25) is 0 Å². The Labute approximate surface area is 103 Å². The lowest BCUT2D eigenvalue weighted by molar-refractivity contribution is 0.582. The molecule has 0 aliphatic carbocycles. The molecule has 0 N–H and O–H groups in total. The number of aromatic nitrogens is 4. The third-order valence-electron chi connectivity index (χ3n) is 2.54. The van der Waals surface area contributed by atoms with E-state index in [0.29, 0.717) is 12.1 Å². The fraction of sp³-hybridized carbons (Fsp3) is 0.538. The lowest BCUT2D eigenvalue weighted by Gasteiger charge is -2.07. The van der Waals surface area contributed by atoms with Gasteiger partial charge in [0.05, 0.1) is 6.33 Å². The summed E-state index contributed by atoms with van der Waals surface area (Å²) in [6.07, 6.45) is 9.41. The molecule has 2 aromatic rings. The van der Waals surface area contributed by atoms with Crippen molar-refractivity contribution in [1.82, 2.24) is 19.1 Å². The van der Waals surface area contributed by atoms with Crippen molar-refractivity contribution in [3.05, 3.63) is 36.9 Å². The SMILES string of the molecule is CC(C)n1ccnc1.Cc1nccn1C(C)C. The van der Waals surface area contributed by atoms with Crippen LogP contribution in [0.15, 0.2) is 31.1 Å². The fourth-order valence-corrected chi connectivity index (χ4v) is 1.51. The number of rotatable bonds is 2. The average Bonchev–Trinajstić information content (AvgIpc) is 2.87. The van der Waals surface area contributed by atoms with Gasteiger partial charge in [-0.15, -0.1) is 0 Å². The van der Waals surface area contributed by atoms with Crippen molar-refractivity contribution in [1.29, 1.82) is 0 Å². The third-order valence-corrected chi connectivity index (χ3v) is 2.54. The van der Waals surface area contributed by atoms with Crippen molar-refractivity contribution < 1.29 is 0 Å². The van der Waals surface area contributed by atoms with Crippen LogP contribution in [-0.2, 0) is 0 Å². The van der Waals surface area contributed by atoms with Gasteiger partial charge in [0.1, 0.15) is 5.82 Å². The Morgan fingerprint density at radius 3 is 1.94 bits per heavy atom. The summed E-state index contributed by atoms with van der Waals surface area (Å²) in [5.74, 6) is 1.09. The Morgan fingerprint density at radius 1 is 1.00 bits per heavy atom. The summed E-state index contributed by atoms with van der Waals surface area (Å²) >= 11 is 0. The van der Waals surface area contributed by atoms with E-state index in [1.807, 2.05) is 31.8 Å². The Morgan fingerprint density at radius 2 is 1.71 bits per heavy atom. The van der Waals surface area contributed by atoms with E-state index in [0.717, 1.165) is 5.82 Å². The number of hydrogen-bond donors (Lipinski definition) is 0. The second-order valence-electron chi connectivity index (χ2n) is 4.58. The van der Waals surface area contributed by atoms with Crippen molar-refractivity contribution in [3.8, 4) is 0 Å². The second-order valence-corrected chi connectivity index (χ2v) is 4.58. The highest BCUT2D eigenvalue weighted by atomic mass is 15.1. The van der Waals surface area contributed by atoms with Crippen LogP contribution in [0.5, 0.6) is 0 Å². The molecule has 4 nitrogen and oxygen atoms in total. The minimum absolute atomic E-state index is 0.535. The standard InChI is InChI=1S/C7H12N2.C6H10N2/c1-6(2)9-5-4-8-7(9)3;1-6(2)8-4-3-7-5-8/h4-6H,1-3H3;3-6H,1-2H3. The maximum Gasteiger partial charge on any atom is 0.105 e. The number of nitrogens with zero attached hydrogens (tertiary/aromatic N) is 4. The van der Waals surface area contributed by atoms with E-state index in [2.05, 4.69) is 46.8 Å². The van der Waals surface area contributed by atoms with E-state index >= 15 is 0 Å². The average molecular weight is 234 g/mol. The molecule has 0 aromatic carbocycles. The normalized spacial score (nSPS) is 10.5. The summed E-state index contributed by atoms with van der Waals surface area (Å²) in [7, 11) is 0. The highest BCUT2D eigenvalue weighted by molar-refractivity contribution is 4.90. The first-order valence-corrected chi connectivity index (χ1v) is 5.99. The summed E-state index contributed by atoms with van der Waals surface area (Å²) in [6.45, 7) is 10.6. The molecule has 2 heterocycles. The summed E-state index contributed by atoms with van der Waals surface area (Å²) in [6, 6.07) is 1.07. The van der Waals surface area contributed by atoms with Crippen molar-refractivity contribution in [2.45, 2.75) is 46.7 Å². The highest BCUT2D eigenvalue weighted by Crippen LogP contribution is 2.05. The largest absolute Gasteiger partial charge is 0.335 e. The Bertz CT molecular complexity index is 412. The third kappa shape index (κ3) is 4.06. The van der Waals surface area contributed by atoms with Crippen LogP contribution in [0.1, 0.15) is 45.6 Å². The Balaban J connectivity index is 0.000000171. The van der Waals surface area contributed by atoms with Crippen LogP contribution in [-0.4, -0.2) is 19.1 Å². The van der Waals surface area contributed by atoms with Crippen LogP contribution >= 0.6 is 0 Å². The van der Waals surface area contributed by atoms with Gasteiger partial charge in [-0.1, -0.05) is 0 Å². The quantitative estimate of drug-likeness (QED) is 0.799. The number of imidazole rings is 2. The molecule has 0 saturated carbocycles. The molecule has 0 aliphatic heterocycles. The summed E-state index contributed by atoms with van der Waals surface area (Å²) in [5.41, 5.74) is 0. The van der Waals surface area contributed by atoms with Crippen LogP contribution in [0.3, 0.4) is 0 Å². The van der Waals surface area contributed by atoms with E-state index in [-0.39, 0.29) is 0 Å². The monoisotopic (exact) mass is 234 g/mol. The minimum Gasteiger partial charge on any atom is -0.335 e. The predicted molar refractivity (Wildman–Crippen MR) is 70.0 cm³/mol. The summed E-state index contributed by atoms with van der Waals surface area (Å²) in [4.78, 5) is 8.01. The van der Waals surface area contributed by atoms with Gasteiger partial charge in [-0.2, -0.15) is 0 Å². The van der Waals surface area contributed by atoms with Crippen molar-refractivity contribution in [3.63, 3.8) is 0 Å². The molecular formula is C13H22N4. The lowest BCUT2D eigenvalue weighted by Crippen LogP contribution is -2.00. The van der Waals surface area contributed by atoms with Crippen molar-refractivity contribution >= 4 is 0 Å². The lowest BCUT2D eigenvalue weighted by atomic mass is 10.4. The van der Waals surface area contributed by atoms with Gasteiger partial charge < -0.3 is 9.13 Å². The zero-order valence-corrected chi connectivity index (χ0v) is 11.3. The molecule has 2 aromatic heterocycles. The highest BCUT2D eigenvalue weighted by Gasteiger charge is 1.98. The molecular weight excluding hydrogens is 212 g/mol. The first kappa shape index (κ1) is 13.5. The van der Waals surface area contributed by atoms with Gasteiger partial charge in [0.25, 0.3) is 0 Å². The molecule has 0 fully saturated rings. The van der Waals surface area contributed by atoms with Crippen molar-refractivity contribution in [2.24, 2.45) is 0 Å². The molecule has 4 heteroatoms. The maximum atomic E-state index is 4.10. The Hall–Kier alpha value is -1.58. The Kier molecular flexibility index (Phi) is 4.94. The zero-order chi connectivity index (χ0) is 12.8. The molecule has 17 heavy (non-hydrogen) atoms. The molecule has 94 valence electrons. The van der Waals surface area contributed by atoms with Gasteiger partial charge in [-0.05, 0) is 34.6 Å². The molecule has 2 rings (SSSR count). The smallest absolute Gasteiger partial charge is 0.105 e. The number of hydrogen-bond acceptors (Lipinski definition) is 2. The van der Waals surface area contributed by atoms with Gasteiger partial charge in [-0.25, -0.2) is 9.97 Å². The minimum atomic E-state index is 0.535. The van der Waals surface area contributed by atoms with E-state index in [9.17, 15) is 0 Å². The van der Waals surface area contributed by atoms with E-state index < -0.39 is 0 Å². The zero-order valence-electron chi connectivity index (χ0n) is 11.3. The first-order chi connectivity index (χ1) is 8.02. The molecule has 0 saturated heterocycles. The molecule has 0 amide bonds. The van der Waals surface area contributed by atoms with Gasteiger partial charge in [-0.3, -0.25) is 0 Å². The van der Waals surface area contributed by atoms with E-state index in [4.69, 9.17) is 0 Å². The molecule has 0 unspecified atom stereocenters. The maximum absolute atomic E-state index is 4.10. The fourth-order valence-electron chi connectivity index (χ4n) is 1.51. The van der Waals surface area contributed by atoms with Gasteiger partial charge in [0.15, 0.2) is 0 Å². The topological polar surface area (TPSA) is 35.6 Å². The van der Waals surface area contributed by atoms with E-state index in [1.54, 1.807) is 6.20 Å². The predicted octanol–water partition coefficient (Wildman–Crippen LogP) is 3.24.